The van der Waals surface area contributed by atoms with Gasteiger partial charge in [0, 0.05) is 32.1 Å². The summed E-state index contributed by atoms with van der Waals surface area (Å²) < 4.78 is 0. The summed E-state index contributed by atoms with van der Waals surface area (Å²) in [5, 5.41) is 12.8. The van der Waals surface area contributed by atoms with Gasteiger partial charge in [0.1, 0.15) is 0 Å². The molecule has 2 N–H and O–H groups in total. The van der Waals surface area contributed by atoms with Crippen LogP contribution in [0.4, 0.5) is 0 Å². The van der Waals surface area contributed by atoms with Crippen molar-refractivity contribution in [1.29, 1.82) is 0 Å². The normalized spacial score (nSPS) is 32.3. The first-order valence-corrected chi connectivity index (χ1v) is 7.22. The Morgan fingerprint density at radius 3 is 2.56 bits per heavy atom. The molecule has 0 radical (unpaired) electrons. The van der Waals surface area contributed by atoms with Crippen LogP contribution in [0.1, 0.15) is 45.4 Å². The Hall–Kier alpha value is -0.610. The second kappa shape index (κ2) is 6.02. The van der Waals surface area contributed by atoms with Crippen LogP contribution in [0, 0.1) is 5.92 Å². The summed E-state index contributed by atoms with van der Waals surface area (Å²) in [6.45, 7) is 2.43. The fraction of sp³-hybridized carbons (Fsp3) is 0.929. The second-order valence-electron chi connectivity index (χ2n) is 6.13. The molecule has 2 saturated heterocycles. The van der Waals surface area contributed by atoms with Crippen LogP contribution in [-0.2, 0) is 4.79 Å². The minimum Gasteiger partial charge on any atom is -0.393 e. The first-order valence-electron chi connectivity index (χ1n) is 7.22. The largest absolute Gasteiger partial charge is 0.393 e. The number of aliphatic hydroxyl groups is 1. The van der Waals surface area contributed by atoms with Gasteiger partial charge in [-0.1, -0.05) is 0 Å². The standard InChI is InChI=1S/C14H26N2O2/c1-10(17)5-6-16(2)14(18)9-11-7-12-3-4-13(8-11)15-12/h10-13,15,17H,3-9H2,1-2H3. The molecule has 104 valence electrons. The summed E-state index contributed by atoms with van der Waals surface area (Å²) >= 11 is 0. The van der Waals surface area contributed by atoms with Gasteiger partial charge in [-0.3, -0.25) is 4.79 Å². The maximum Gasteiger partial charge on any atom is 0.222 e. The Labute approximate surface area is 110 Å². The minimum absolute atomic E-state index is 0.238. The molecule has 2 rings (SSSR count). The Morgan fingerprint density at radius 1 is 1.39 bits per heavy atom. The van der Waals surface area contributed by atoms with Gasteiger partial charge in [0.15, 0.2) is 0 Å². The van der Waals surface area contributed by atoms with Gasteiger partial charge in [-0.05, 0) is 44.9 Å². The van der Waals surface area contributed by atoms with Crippen LogP contribution in [0.25, 0.3) is 0 Å². The first kappa shape index (κ1) is 13.8. The van der Waals surface area contributed by atoms with Crippen LogP contribution < -0.4 is 5.32 Å². The van der Waals surface area contributed by atoms with Crippen molar-refractivity contribution in [1.82, 2.24) is 10.2 Å². The van der Waals surface area contributed by atoms with Crippen molar-refractivity contribution in [2.24, 2.45) is 5.92 Å². The van der Waals surface area contributed by atoms with Gasteiger partial charge >= 0.3 is 0 Å². The zero-order valence-corrected chi connectivity index (χ0v) is 11.6. The van der Waals surface area contributed by atoms with E-state index in [1.165, 1.54) is 12.8 Å². The van der Waals surface area contributed by atoms with Gasteiger partial charge in [0.2, 0.25) is 5.91 Å². The van der Waals surface area contributed by atoms with Gasteiger partial charge in [-0.15, -0.1) is 0 Å². The molecule has 2 aliphatic rings. The molecule has 1 amide bonds. The first-order chi connectivity index (χ1) is 8.54. The third-order valence-electron chi connectivity index (χ3n) is 4.34. The highest BCUT2D eigenvalue weighted by Crippen LogP contribution is 2.32. The lowest BCUT2D eigenvalue weighted by Crippen LogP contribution is -2.40. The maximum absolute atomic E-state index is 12.1. The SMILES string of the molecule is CC(O)CCN(C)C(=O)CC1CC2CCC(C1)N2. The lowest BCUT2D eigenvalue weighted by atomic mass is 9.89. The van der Waals surface area contributed by atoms with E-state index in [0.717, 1.165) is 12.8 Å². The molecule has 0 saturated carbocycles. The van der Waals surface area contributed by atoms with Crippen LogP contribution in [0.15, 0.2) is 0 Å². The molecule has 3 unspecified atom stereocenters. The summed E-state index contributed by atoms with van der Waals surface area (Å²) in [5.41, 5.74) is 0. The molecule has 2 heterocycles. The Balaban J connectivity index is 1.73. The Morgan fingerprint density at radius 2 is 2.00 bits per heavy atom. The van der Waals surface area contributed by atoms with Crippen molar-refractivity contribution >= 4 is 5.91 Å². The smallest absolute Gasteiger partial charge is 0.222 e. The number of amides is 1. The number of nitrogens with zero attached hydrogens (tertiary/aromatic N) is 1. The molecule has 0 aromatic carbocycles. The van der Waals surface area contributed by atoms with Crippen molar-refractivity contribution in [3.05, 3.63) is 0 Å². The van der Waals surface area contributed by atoms with Crippen LogP contribution in [0.3, 0.4) is 0 Å². The number of carbonyl (C=O) groups excluding carboxylic acids is 1. The van der Waals surface area contributed by atoms with E-state index < -0.39 is 0 Å². The van der Waals surface area contributed by atoms with Crippen molar-refractivity contribution < 1.29 is 9.90 Å². The molecule has 0 spiro atoms. The van der Waals surface area contributed by atoms with E-state index in [1.54, 1.807) is 11.8 Å². The minimum atomic E-state index is -0.324. The van der Waals surface area contributed by atoms with Gasteiger partial charge in [0.25, 0.3) is 0 Å². The lowest BCUT2D eigenvalue weighted by Gasteiger charge is -2.30. The molecule has 2 bridgehead atoms. The molecular formula is C14H26N2O2. The van der Waals surface area contributed by atoms with Gasteiger partial charge < -0.3 is 15.3 Å². The summed E-state index contributed by atoms with van der Waals surface area (Å²) in [5.74, 6) is 0.798. The molecule has 2 aliphatic heterocycles. The molecule has 0 aromatic rings. The predicted octanol–water partition coefficient (Wildman–Crippen LogP) is 1.14. The van der Waals surface area contributed by atoms with E-state index in [2.05, 4.69) is 5.32 Å². The monoisotopic (exact) mass is 254 g/mol. The topological polar surface area (TPSA) is 52.6 Å². The summed E-state index contributed by atoms with van der Waals surface area (Å²) in [6.07, 6.45) is 5.92. The number of rotatable bonds is 5. The molecular weight excluding hydrogens is 228 g/mol. The number of fused-ring (bicyclic) bond motifs is 2. The van der Waals surface area contributed by atoms with E-state index in [4.69, 9.17) is 0 Å². The highest BCUT2D eigenvalue weighted by molar-refractivity contribution is 5.76. The van der Waals surface area contributed by atoms with E-state index in [0.29, 0.717) is 37.4 Å². The average Bonchev–Trinajstić information content (AvgIpc) is 2.65. The fourth-order valence-electron chi connectivity index (χ4n) is 3.25. The van der Waals surface area contributed by atoms with Crippen molar-refractivity contribution in [3.63, 3.8) is 0 Å². The number of piperidine rings is 1. The summed E-state index contributed by atoms with van der Waals surface area (Å²) in [6, 6.07) is 1.31. The molecule has 4 nitrogen and oxygen atoms in total. The molecule has 0 aromatic heterocycles. The van der Waals surface area contributed by atoms with E-state index >= 15 is 0 Å². The van der Waals surface area contributed by atoms with E-state index in [1.807, 2.05) is 7.05 Å². The average molecular weight is 254 g/mol. The molecule has 2 fully saturated rings. The maximum atomic E-state index is 12.1. The Kier molecular flexibility index (Phi) is 4.62. The quantitative estimate of drug-likeness (QED) is 0.773. The number of carbonyl (C=O) groups is 1. The highest BCUT2D eigenvalue weighted by atomic mass is 16.3. The molecule has 4 heteroatoms. The molecule has 18 heavy (non-hydrogen) atoms. The zero-order valence-electron chi connectivity index (χ0n) is 11.6. The lowest BCUT2D eigenvalue weighted by molar-refractivity contribution is -0.131. The van der Waals surface area contributed by atoms with Gasteiger partial charge in [-0.2, -0.15) is 0 Å². The van der Waals surface area contributed by atoms with E-state index in [-0.39, 0.29) is 12.0 Å². The van der Waals surface area contributed by atoms with Gasteiger partial charge in [0.05, 0.1) is 6.10 Å². The predicted molar refractivity (Wildman–Crippen MR) is 71.2 cm³/mol. The summed E-state index contributed by atoms with van der Waals surface area (Å²) in [7, 11) is 1.85. The van der Waals surface area contributed by atoms with Crippen molar-refractivity contribution in [3.8, 4) is 0 Å². The van der Waals surface area contributed by atoms with Crippen molar-refractivity contribution in [2.75, 3.05) is 13.6 Å². The number of aliphatic hydroxyl groups excluding tert-OH is 1. The number of hydrogen-bond donors (Lipinski definition) is 2. The van der Waals surface area contributed by atoms with Crippen LogP contribution in [0.5, 0.6) is 0 Å². The van der Waals surface area contributed by atoms with Gasteiger partial charge in [-0.25, -0.2) is 0 Å². The third kappa shape index (κ3) is 3.69. The van der Waals surface area contributed by atoms with Crippen LogP contribution in [-0.4, -0.2) is 47.7 Å². The Bertz CT molecular complexity index is 282. The summed E-state index contributed by atoms with van der Waals surface area (Å²) in [4.78, 5) is 13.9. The van der Waals surface area contributed by atoms with Crippen LogP contribution in [0.2, 0.25) is 0 Å². The molecule has 3 atom stereocenters. The molecule has 0 aliphatic carbocycles. The number of hydrogen-bond acceptors (Lipinski definition) is 3. The highest BCUT2D eigenvalue weighted by Gasteiger charge is 2.34. The van der Waals surface area contributed by atoms with Crippen molar-refractivity contribution in [2.45, 2.75) is 63.6 Å². The fourth-order valence-corrected chi connectivity index (χ4v) is 3.25. The van der Waals surface area contributed by atoms with E-state index in [9.17, 15) is 9.90 Å². The zero-order chi connectivity index (χ0) is 13.1. The third-order valence-corrected chi connectivity index (χ3v) is 4.34. The van der Waals surface area contributed by atoms with Crippen LogP contribution >= 0.6 is 0 Å². The number of nitrogens with one attached hydrogen (secondary N) is 1. The second-order valence-corrected chi connectivity index (χ2v) is 6.13.